The van der Waals surface area contributed by atoms with Crippen molar-refractivity contribution in [3.8, 4) is 0 Å². The lowest BCUT2D eigenvalue weighted by Crippen LogP contribution is -2.53. The first-order valence-corrected chi connectivity index (χ1v) is 6.76. The Morgan fingerprint density at radius 1 is 1.38 bits per heavy atom. The van der Waals surface area contributed by atoms with Crippen molar-refractivity contribution >= 4 is 0 Å². The topological polar surface area (TPSA) is 18.5 Å². The molecule has 0 aliphatic carbocycles. The number of hydrogen-bond acceptors (Lipinski definition) is 3. The first kappa shape index (κ1) is 12.3. The van der Waals surface area contributed by atoms with E-state index >= 15 is 0 Å². The van der Waals surface area contributed by atoms with Gasteiger partial charge >= 0.3 is 0 Å². The smallest absolute Gasteiger partial charge is 0.0218 e. The molecule has 0 aromatic heterocycles. The van der Waals surface area contributed by atoms with Gasteiger partial charge in [0, 0.05) is 38.8 Å². The molecule has 2 atom stereocenters. The highest BCUT2D eigenvalue weighted by Crippen LogP contribution is 2.26. The molecule has 94 valence electrons. The highest BCUT2D eigenvalue weighted by atomic mass is 15.3. The summed E-state index contributed by atoms with van der Waals surface area (Å²) in [6.07, 6.45) is 2.62. The van der Waals surface area contributed by atoms with E-state index in [0.717, 1.165) is 6.04 Å². The van der Waals surface area contributed by atoms with Crippen molar-refractivity contribution in [1.82, 2.24) is 15.1 Å². The van der Waals surface area contributed by atoms with Crippen molar-refractivity contribution in [2.75, 3.05) is 46.3 Å². The van der Waals surface area contributed by atoms with Crippen molar-refractivity contribution in [3.63, 3.8) is 0 Å². The molecule has 0 bridgehead atoms. The quantitative estimate of drug-likeness (QED) is 0.773. The standard InChI is InChI=1S/C13H27N3/c1-4-12-9-16(8-7-15(12)3)11-13(2)5-6-14-10-13/h12,14H,4-11H2,1-3H3. The first-order valence-electron chi connectivity index (χ1n) is 6.76. The maximum absolute atomic E-state index is 3.50. The van der Waals surface area contributed by atoms with Crippen molar-refractivity contribution in [3.05, 3.63) is 0 Å². The van der Waals surface area contributed by atoms with Gasteiger partial charge in [0.05, 0.1) is 0 Å². The summed E-state index contributed by atoms with van der Waals surface area (Å²) in [7, 11) is 2.27. The molecule has 2 aliphatic heterocycles. The maximum atomic E-state index is 3.50. The maximum Gasteiger partial charge on any atom is 0.0218 e. The van der Waals surface area contributed by atoms with Gasteiger partial charge in [-0.15, -0.1) is 0 Å². The summed E-state index contributed by atoms with van der Waals surface area (Å²) in [6.45, 7) is 12.2. The van der Waals surface area contributed by atoms with Crippen LogP contribution < -0.4 is 5.32 Å². The van der Waals surface area contributed by atoms with Crippen LogP contribution in [0.2, 0.25) is 0 Å². The lowest BCUT2D eigenvalue weighted by Gasteiger charge is -2.42. The number of piperazine rings is 1. The normalized spacial score (nSPS) is 38.1. The Morgan fingerprint density at radius 2 is 2.19 bits per heavy atom. The molecular weight excluding hydrogens is 198 g/mol. The minimum Gasteiger partial charge on any atom is -0.316 e. The van der Waals surface area contributed by atoms with Gasteiger partial charge in [0.25, 0.3) is 0 Å². The summed E-state index contributed by atoms with van der Waals surface area (Å²) < 4.78 is 0. The van der Waals surface area contributed by atoms with Crippen molar-refractivity contribution in [1.29, 1.82) is 0 Å². The van der Waals surface area contributed by atoms with Crippen LogP contribution in [0, 0.1) is 5.41 Å². The van der Waals surface area contributed by atoms with Crippen LogP contribution in [0.1, 0.15) is 26.7 Å². The van der Waals surface area contributed by atoms with E-state index in [-0.39, 0.29) is 0 Å². The third-order valence-electron chi connectivity index (χ3n) is 4.39. The Bertz CT molecular complexity index is 223. The minimum atomic E-state index is 0.522. The largest absolute Gasteiger partial charge is 0.316 e. The molecule has 0 aromatic rings. The molecule has 2 saturated heterocycles. The van der Waals surface area contributed by atoms with E-state index in [1.54, 1.807) is 0 Å². The fourth-order valence-electron chi connectivity index (χ4n) is 3.14. The fourth-order valence-corrected chi connectivity index (χ4v) is 3.14. The highest BCUT2D eigenvalue weighted by Gasteiger charge is 2.33. The predicted molar refractivity (Wildman–Crippen MR) is 68.7 cm³/mol. The third kappa shape index (κ3) is 2.76. The van der Waals surface area contributed by atoms with Crippen molar-refractivity contribution < 1.29 is 0 Å². The molecule has 16 heavy (non-hydrogen) atoms. The molecular formula is C13H27N3. The van der Waals surface area contributed by atoms with E-state index in [9.17, 15) is 0 Å². The van der Waals surface area contributed by atoms with Crippen LogP contribution in [0.3, 0.4) is 0 Å². The monoisotopic (exact) mass is 225 g/mol. The first-order chi connectivity index (χ1) is 7.63. The molecule has 3 heteroatoms. The molecule has 2 heterocycles. The van der Waals surface area contributed by atoms with Crippen LogP contribution in [0.5, 0.6) is 0 Å². The second-order valence-electron chi connectivity index (χ2n) is 6.02. The molecule has 1 N–H and O–H groups in total. The molecule has 0 spiro atoms. The SMILES string of the molecule is CCC1CN(CC2(C)CCNC2)CCN1C. The molecule has 2 unspecified atom stereocenters. The van der Waals surface area contributed by atoms with Gasteiger partial charge in [-0.25, -0.2) is 0 Å². The summed E-state index contributed by atoms with van der Waals surface area (Å²) in [5, 5.41) is 3.50. The van der Waals surface area contributed by atoms with E-state index in [1.807, 2.05) is 0 Å². The third-order valence-corrected chi connectivity index (χ3v) is 4.39. The molecule has 2 fully saturated rings. The Labute approximate surface area is 100 Å². The van der Waals surface area contributed by atoms with Gasteiger partial charge in [-0.05, 0) is 31.8 Å². The number of hydrogen-bond donors (Lipinski definition) is 1. The average molecular weight is 225 g/mol. The number of nitrogens with one attached hydrogen (secondary N) is 1. The van der Waals surface area contributed by atoms with Gasteiger partial charge in [0.1, 0.15) is 0 Å². The highest BCUT2D eigenvalue weighted by molar-refractivity contribution is 4.89. The van der Waals surface area contributed by atoms with Gasteiger partial charge in [-0.2, -0.15) is 0 Å². The zero-order chi connectivity index (χ0) is 11.6. The molecule has 2 aliphatic rings. The van der Waals surface area contributed by atoms with Gasteiger partial charge in [-0.1, -0.05) is 13.8 Å². The predicted octanol–water partition coefficient (Wildman–Crippen LogP) is 1.01. The Balaban J connectivity index is 1.86. The minimum absolute atomic E-state index is 0.522. The number of likely N-dealkylation sites (N-methyl/N-ethyl adjacent to an activating group) is 1. The molecule has 3 nitrogen and oxygen atoms in total. The van der Waals surface area contributed by atoms with Crippen molar-refractivity contribution in [2.45, 2.75) is 32.7 Å². The Morgan fingerprint density at radius 3 is 2.81 bits per heavy atom. The van der Waals surface area contributed by atoms with Crippen LogP contribution >= 0.6 is 0 Å². The molecule has 0 aromatic carbocycles. The summed E-state index contributed by atoms with van der Waals surface area (Å²) in [4.78, 5) is 5.20. The van der Waals surface area contributed by atoms with E-state index in [4.69, 9.17) is 0 Å². The summed E-state index contributed by atoms with van der Waals surface area (Å²) in [6, 6.07) is 0.770. The van der Waals surface area contributed by atoms with Gasteiger partial charge in [0.15, 0.2) is 0 Å². The second kappa shape index (κ2) is 5.03. The summed E-state index contributed by atoms with van der Waals surface area (Å²) in [5.41, 5.74) is 0.522. The van der Waals surface area contributed by atoms with Gasteiger partial charge in [-0.3, -0.25) is 4.90 Å². The molecule has 0 saturated carbocycles. The average Bonchev–Trinajstić information content (AvgIpc) is 2.68. The Kier molecular flexibility index (Phi) is 3.88. The Hall–Kier alpha value is -0.120. The zero-order valence-corrected chi connectivity index (χ0v) is 11.1. The van der Waals surface area contributed by atoms with Crippen LogP contribution in [0.25, 0.3) is 0 Å². The van der Waals surface area contributed by atoms with Crippen LogP contribution in [0.15, 0.2) is 0 Å². The second-order valence-corrected chi connectivity index (χ2v) is 6.02. The number of rotatable bonds is 3. The fraction of sp³-hybridized carbons (Fsp3) is 1.00. The van der Waals surface area contributed by atoms with Gasteiger partial charge in [0.2, 0.25) is 0 Å². The number of nitrogens with zero attached hydrogens (tertiary/aromatic N) is 2. The molecule has 2 rings (SSSR count). The van der Waals surface area contributed by atoms with Crippen molar-refractivity contribution in [2.24, 2.45) is 5.41 Å². The zero-order valence-electron chi connectivity index (χ0n) is 11.1. The van der Waals surface area contributed by atoms with E-state index < -0.39 is 0 Å². The molecule has 0 amide bonds. The van der Waals surface area contributed by atoms with Crippen LogP contribution in [-0.2, 0) is 0 Å². The lowest BCUT2D eigenvalue weighted by molar-refractivity contribution is 0.0661. The summed E-state index contributed by atoms with van der Waals surface area (Å²) in [5.74, 6) is 0. The lowest BCUT2D eigenvalue weighted by atomic mass is 9.88. The van der Waals surface area contributed by atoms with Crippen LogP contribution in [-0.4, -0.2) is 62.2 Å². The summed E-state index contributed by atoms with van der Waals surface area (Å²) >= 11 is 0. The van der Waals surface area contributed by atoms with E-state index in [0.29, 0.717) is 5.41 Å². The van der Waals surface area contributed by atoms with E-state index in [2.05, 4.69) is 36.0 Å². The molecule has 0 radical (unpaired) electrons. The van der Waals surface area contributed by atoms with Crippen LogP contribution in [0.4, 0.5) is 0 Å². The van der Waals surface area contributed by atoms with E-state index in [1.165, 1.54) is 52.1 Å². The van der Waals surface area contributed by atoms with Gasteiger partial charge < -0.3 is 10.2 Å².